The molecular weight excluding hydrogens is 314 g/mol. The Balaban J connectivity index is 2.25. The first kappa shape index (κ1) is 16.1. The Kier molecular flexibility index (Phi) is 3.98. The summed E-state index contributed by atoms with van der Waals surface area (Å²) in [4.78, 5) is 11.2. The Bertz CT molecular complexity index is 765. The van der Waals surface area contributed by atoms with E-state index in [0.29, 0.717) is 5.56 Å². The van der Waals surface area contributed by atoms with E-state index in [9.17, 15) is 21.6 Å². The van der Waals surface area contributed by atoms with Crippen LogP contribution in [0.4, 0.5) is 0 Å². The number of sulfonamides is 1. The molecule has 1 aliphatic heterocycles. The van der Waals surface area contributed by atoms with Crippen molar-refractivity contribution < 1.29 is 21.6 Å². The van der Waals surface area contributed by atoms with Gasteiger partial charge in [0.25, 0.3) is 0 Å². The standard InChI is InChI=1S/C13H17NO5S2/c1-10(15)11-3-5-12(6-4-11)21(18,19)14-13(2)7-8-20(16,17)9-13/h3-6,14H,7-9H2,1-2H3. The van der Waals surface area contributed by atoms with Crippen molar-refractivity contribution in [3.8, 4) is 0 Å². The van der Waals surface area contributed by atoms with Crippen LogP contribution in [0.2, 0.25) is 0 Å². The third-order valence-electron chi connectivity index (χ3n) is 3.46. The highest BCUT2D eigenvalue weighted by molar-refractivity contribution is 7.92. The first-order chi connectivity index (χ1) is 9.53. The molecule has 0 amide bonds. The van der Waals surface area contributed by atoms with E-state index in [1.165, 1.54) is 31.2 Å². The summed E-state index contributed by atoms with van der Waals surface area (Å²) in [5.41, 5.74) is -0.569. The molecule has 0 aromatic heterocycles. The van der Waals surface area contributed by atoms with Gasteiger partial charge in [-0.15, -0.1) is 0 Å². The molecule has 1 saturated heterocycles. The van der Waals surface area contributed by atoms with Crippen molar-refractivity contribution in [3.63, 3.8) is 0 Å². The van der Waals surface area contributed by atoms with Gasteiger partial charge in [0.15, 0.2) is 15.6 Å². The maximum Gasteiger partial charge on any atom is 0.241 e. The van der Waals surface area contributed by atoms with Gasteiger partial charge in [0.1, 0.15) is 0 Å². The highest BCUT2D eigenvalue weighted by atomic mass is 32.2. The van der Waals surface area contributed by atoms with Crippen LogP contribution in [0.1, 0.15) is 30.6 Å². The molecule has 1 fully saturated rings. The van der Waals surface area contributed by atoms with Gasteiger partial charge >= 0.3 is 0 Å². The molecule has 0 radical (unpaired) electrons. The summed E-state index contributed by atoms with van der Waals surface area (Å²) in [5.74, 6) is -0.374. The van der Waals surface area contributed by atoms with E-state index in [2.05, 4.69) is 4.72 Å². The minimum absolute atomic E-state index is 0.0121. The van der Waals surface area contributed by atoms with Crippen molar-refractivity contribution in [2.45, 2.75) is 30.7 Å². The highest BCUT2D eigenvalue weighted by Crippen LogP contribution is 2.25. The fraction of sp³-hybridized carbons (Fsp3) is 0.462. The fourth-order valence-electron chi connectivity index (χ4n) is 2.34. The van der Waals surface area contributed by atoms with E-state index in [0.717, 1.165) is 0 Å². The lowest BCUT2D eigenvalue weighted by Crippen LogP contribution is -2.46. The van der Waals surface area contributed by atoms with Crippen molar-refractivity contribution in [1.29, 1.82) is 0 Å². The summed E-state index contributed by atoms with van der Waals surface area (Å²) >= 11 is 0. The van der Waals surface area contributed by atoms with Crippen LogP contribution in [0.25, 0.3) is 0 Å². The van der Waals surface area contributed by atoms with Crippen molar-refractivity contribution in [2.75, 3.05) is 11.5 Å². The number of sulfone groups is 1. The minimum Gasteiger partial charge on any atom is -0.295 e. The van der Waals surface area contributed by atoms with Crippen LogP contribution >= 0.6 is 0 Å². The fourth-order valence-corrected chi connectivity index (χ4v) is 5.96. The summed E-state index contributed by atoms with van der Waals surface area (Å²) in [7, 11) is -7.02. The third-order valence-corrected chi connectivity index (χ3v) is 7.01. The maximum atomic E-state index is 12.3. The number of rotatable bonds is 4. The summed E-state index contributed by atoms with van der Waals surface area (Å²) in [5, 5.41) is 0. The lowest BCUT2D eigenvalue weighted by molar-refractivity contribution is 0.101. The number of hydrogen-bond acceptors (Lipinski definition) is 5. The molecule has 1 aliphatic rings. The summed E-state index contributed by atoms with van der Waals surface area (Å²) < 4.78 is 50.1. The van der Waals surface area contributed by atoms with Crippen LogP contribution in [0.3, 0.4) is 0 Å². The zero-order valence-electron chi connectivity index (χ0n) is 11.8. The second-order valence-corrected chi connectivity index (χ2v) is 9.46. The normalized spacial score (nSPS) is 24.9. The Morgan fingerprint density at radius 1 is 1.24 bits per heavy atom. The van der Waals surface area contributed by atoms with Crippen molar-refractivity contribution >= 4 is 25.6 Å². The van der Waals surface area contributed by atoms with Gasteiger partial charge < -0.3 is 0 Å². The molecule has 1 heterocycles. The second-order valence-electron chi connectivity index (χ2n) is 5.59. The van der Waals surface area contributed by atoms with Crippen LogP contribution < -0.4 is 4.72 Å². The molecule has 1 aromatic carbocycles. The zero-order chi connectivity index (χ0) is 15.9. The number of carbonyl (C=O) groups is 1. The molecule has 116 valence electrons. The van der Waals surface area contributed by atoms with Gasteiger partial charge in [0, 0.05) is 11.1 Å². The summed E-state index contributed by atoms with van der Waals surface area (Å²) in [6, 6.07) is 5.55. The molecule has 1 unspecified atom stereocenters. The van der Waals surface area contributed by atoms with Crippen LogP contribution in [0, 0.1) is 0 Å². The molecule has 0 aliphatic carbocycles. The van der Waals surface area contributed by atoms with E-state index in [1.807, 2.05) is 0 Å². The molecule has 1 aromatic rings. The lowest BCUT2D eigenvalue weighted by Gasteiger charge is -2.23. The summed E-state index contributed by atoms with van der Waals surface area (Å²) in [6.45, 7) is 2.98. The Morgan fingerprint density at radius 2 is 1.81 bits per heavy atom. The van der Waals surface area contributed by atoms with E-state index >= 15 is 0 Å². The van der Waals surface area contributed by atoms with Gasteiger partial charge in [-0.2, -0.15) is 0 Å². The van der Waals surface area contributed by atoms with E-state index in [4.69, 9.17) is 0 Å². The van der Waals surface area contributed by atoms with E-state index in [1.54, 1.807) is 6.92 Å². The van der Waals surface area contributed by atoms with Crippen LogP contribution in [-0.2, 0) is 19.9 Å². The topological polar surface area (TPSA) is 97.4 Å². The highest BCUT2D eigenvalue weighted by Gasteiger charge is 2.41. The zero-order valence-corrected chi connectivity index (χ0v) is 13.4. The average Bonchev–Trinajstić information content (AvgIpc) is 2.62. The number of hydrogen-bond donors (Lipinski definition) is 1. The Labute approximate surface area is 124 Å². The van der Waals surface area contributed by atoms with Gasteiger partial charge in [0.2, 0.25) is 10.0 Å². The van der Waals surface area contributed by atoms with Crippen LogP contribution in [0.15, 0.2) is 29.2 Å². The molecule has 21 heavy (non-hydrogen) atoms. The molecule has 8 heteroatoms. The number of benzene rings is 1. The van der Waals surface area contributed by atoms with Crippen molar-refractivity contribution in [2.24, 2.45) is 0 Å². The molecule has 2 rings (SSSR count). The average molecular weight is 331 g/mol. The predicted octanol–water partition coefficient (Wildman–Crippen LogP) is 0.745. The number of carbonyl (C=O) groups excluding carboxylic acids is 1. The lowest BCUT2D eigenvalue weighted by atomic mass is 10.0. The van der Waals surface area contributed by atoms with Gasteiger partial charge in [-0.1, -0.05) is 12.1 Å². The number of Topliss-reactive ketones (excluding diaryl/α,β-unsaturated/α-hetero) is 1. The van der Waals surface area contributed by atoms with Gasteiger partial charge in [-0.25, -0.2) is 21.6 Å². The largest absolute Gasteiger partial charge is 0.295 e. The van der Waals surface area contributed by atoms with Gasteiger partial charge in [-0.05, 0) is 32.4 Å². The first-order valence-corrected chi connectivity index (χ1v) is 9.69. The third kappa shape index (κ3) is 3.69. The Hall–Kier alpha value is -1.25. The monoisotopic (exact) mass is 331 g/mol. The van der Waals surface area contributed by atoms with E-state index in [-0.39, 0.29) is 28.6 Å². The molecule has 0 bridgehead atoms. The van der Waals surface area contributed by atoms with Crippen molar-refractivity contribution in [3.05, 3.63) is 29.8 Å². The molecule has 1 atom stereocenters. The quantitative estimate of drug-likeness (QED) is 0.821. The van der Waals surface area contributed by atoms with E-state index < -0.39 is 25.4 Å². The van der Waals surface area contributed by atoms with Crippen LogP contribution in [0.5, 0.6) is 0 Å². The molecule has 0 spiro atoms. The second kappa shape index (κ2) is 5.19. The molecule has 1 N–H and O–H groups in total. The first-order valence-electron chi connectivity index (χ1n) is 6.38. The molecule has 6 nitrogen and oxygen atoms in total. The van der Waals surface area contributed by atoms with Crippen LogP contribution in [-0.4, -0.2) is 39.7 Å². The minimum atomic E-state index is -3.82. The van der Waals surface area contributed by atoms with Gasteiger partial charge in [-0.3, -0.25) is 4.79 Å². The Morgan fingerprint density at radius 3 is 2.24 bits per heavy atom. The molecule has 0 saturated carbocycles. The SMILES string of the molecule is CC(=O)c1ccc(S(=O)(=O)NC2(C)CCS(=O)(=O)C2)cc1. The number of ketones is 1. The smallest absolute Gasteiger partial charge is 0.241 e. The maximum absolute atomic E-state index is 12.3. The predicted molar refractivity (Wildman–Crippen MR) is 78.4 cm³/mol. The summed E-state index contributed by atoms with van der Waals surface area (Å²) in [6.07, 6.45) is 0.250. The van der Waals surface area contributed by atoms with Crippen molar-refractivity contribution in [1.82, 2.24) is 4.72 Å². The number of nitrogens with one attached hydrogen (secondary N) is 1. The molecular formula is C13H17NO5S2. The van der Waals surface area contributed by atoms with Gasteiger partial charge in [0.05, 0.1) is 16.4 Å².